The number of halogens is 2. The number of benzene rings is 1. The van der Waals surface area contributed by atoms with E-state index in [0.29, 0.717) is 10.2 Å². The summed E-state index contributed by atoms with van der Waals surface area (Å²) in [5.41, 5.74) is 0.771. The van der Waals surface area contributed by atoms with Crippen molar-refractivity contribution in [1.29, 1.82) is 0 Å². The molecule has 0 aliphatic heterocycles. The van der Waals surface area contributed by atoms with Gasteiger partial charge in [0, 0.05) is 5.75 Å². The summed E-state index contributed by atoms with van der Waals surface area (Å²) in [4.78, 5) is 10.6. The maximum Gasteiger partial charge on any atom is 0.316 e. The van der Waals surface area contributed by atoms with Crippen LogP contribution in [0, 0.1) is 5.82 Å². The van der Waals surface area contributed by atoms with Crippen LogP contribution in [0.5, 0.6) is 0 Å². The van der Waals surface area contributed by atoms with Gasteiger partial charge in [0.05, 0.1) is 9.72 Å². The van der Waals surface area contributed by atoms with Gasteiger partial charge in [0.2, 0.25) is 0 Å². The summed E-state index contributed by atoms with van der Waals surface area (Å²) in [7, 11) is 0. The van der Waals surface area contributed by atoms with Crippen LogP contribution in [0.25, 0.3) is 0 Å². The monoisotopic (exact) mass is 292 g/mol. The van der Waals surface area contributed by atoms with Gasteiger partial charge in [-0.2, -0.15) is 0 Å². The minimum atomic E-state index is -0.854. The molecule has 1 rings (SSSR count). The molecule has 0 saturated carbocycles. The Labute approximate surface area is 100 Å². The number of carboxylic acids is 1. The lowest BCUT2D eigenvalue weighted by Crippen LogP contribution is -2.11. The Kier molecular flexibility index (Phi) is 4.60. The van der Waals surface area contributed by atoms with Gasteiger partial charge in [-0.05, 0) is 34.5 Å². The molecule has 1 N–H and O–H groups in total. The minimum Gasteiger partial charge on any atom is -0.480 e. The van der Waals surface area contributed by atoms with E-state index in [2.05, 4.69) is 15.9 Å². The molecule has 0 saturated heterocycles. The van der Waals surface area contributed by atoms with E-state index in [9.17, 15) is 9.18 Å². The first-order valence-corrected chi connectivity index (χ1v) is 6.14. The maximum atomic E-state index is 13.1. The summed E-state index contributed by atoms with van der Waals surface area (Å²) < 4.78 is 13.5. The van der Waals surface area contributed by atoms with Crippen LogP contribution >= 0.6 is 27.7 Å². The summed E-state index contributed by atoms with van der Waals surface area (Å²) in [6.45, 7) is 1.61. The molecule has 0 radical (unpaired) electrons. The zero-order valence-electron chi connectivity index (χ0n) is 8.04. The van der Waals surface area contributed by atoms with Gasteiger partial charge < -0.3 is 5.11 Å². The van der Waals surface area contributed by atoms with Gasteiger partial charge in [-0.1, -0.05) is 12.1 Å². The topological polar surface area (TPSA) is 37.3 Å². The van der Waals surface area contributed by atoms with Gasteiger partial charge in [-0.15, -0.1) is 11.8 Å². The lowest BCUT2D eigenvalue weighted by atomic mass is 10.2. The van der Waals surface area contributed by atoms with Crippen molar-refractivity contribution in [2.45, 2.75) is 17.9 Å². The van der Waals surface area contributed by atoms with Crippen LogP contribution in [0.2, 0.25) is 0 Å². The van der Waals surface area contributed by atoms with Crippen molar-refractivity contribution in [3.8, 4) is 0 Å². The van der Waals surface area contributed by atoms with Gasteiger partial charge >= 0.3 is 5.97 Å². The van der Waals surface area contributed by atoms with Crippen molar-refractivity contribution in [3.05, 3.63) is 34.1 Å². The summed E-state index contributed by atoms with van der Waals surface area (Å²) in [5.74, 6) is -0.699. The number of carbonyl (C=O) groups is 1. The van der Waals surface area contributed by atoms with E-state index in [0.717, 1.165) is 5.56 Å². The van der Waals surface area contributed by atoms with Crippen LogP contribution in [-0.2, 0) is 10.5 Å². The Morgan fingerprint density at radius 1 is 1.67 bits per heavy atom. The van der Waals surface area contributed by atoms with Gasteiger partial charge in [0.25, 0.3) is 0 Å². The van der Waals surface area contributed by atoms with Gasteiger partial charge in [-0.3, -0.25) is 4.79 Å². The zero-order chi connectivity index (χ0) is 11.4. The fourth-order valence-electron chi connectivity index (χ4n) is 0.946. The van der Waals surface area contributed by atoms with Crippen LogP contribution in [0.1, 0.15) is 12.5 Å². The Balaban J connectivity index is 2.66. The summed E-state index contributed by atoms with van der Waals surface area (Å²) in [6.07, 6.45) is 0. The van der Waals surface area contributed by atoms with E-state index in [1.54, 1.807) is 19.1 Å². The number of hydrogen-bond donors (Lipinski definition) is 1. The van der Waals surface area contributed by atoms with Crippen LogP contribution in [-0.4, -0.2) is 16.3 Å². The molecule has 5 heteroatoms. The Bertz CT molecular complexity index is 370. The third kappa shape index (κ3) is 3.50. The number of thioether (sulfide) groups is 1. The number of aliphatic carboxylic acids is 1. The molecule has 0 fully saturated rings. The molecule has 0 heterocycles. The van der Waals surface area contributed by atoms with Crippen molar-refractivity contribution in [2.75, 3.05) is 0 Å². The molecule has 15 heavy (non-hydrogen) atoms. The largest absolute Gasteiger partial charge is 0.480 e. The van der Waals surface area contributed by atoms with Crippen molar-refractivity contribution in [1.82, 2.24) is 0 Å². The number of carboxylic acid groups (broad SMARTS) is 1. The summed E-state index contributed by atoms with van der Waals surface area (Å²) >= 11 is 4.40. The molecule has 0 bridgehead atoms. The van der Waals surface area contributed by atoms with Crippen LogP contribution in [0.3, 0.4) is 0 Å². The first kappa shape index (κ1) is 12.5. The average molecular weight is 293 g/mol. The van der Waals surface area contributed by atoms with E-state index in [1.165, 1.54) is 17.8 Å². The van der Waals surface area contributed by atoms with Crippen LogP contribution in [0.4, 0.5) is 4.39 Å². The molecule has 1 atom stereocenters. The highest BCUT2D eigenvalue weighted by molar-refractivity contribution is 9.10. The zero-order valence-corrected chi connectivity index (χ0v) is 10.4. The standard InChI is InChI=1S/C10H10BrFO2S/c1-6(10(13)14)15-5-7-3-2-4-8(12)9(7)11/h2-4,6H,5H2,1H3,(H,13,14). The SMILES string of the molecule is CC(SCc1cccc(F)c1Br)C(=O)O. The molecule has 0 aromatic heterocycles. The van der Waals surface area contributed by atoms with Gasteiger partial charge in [0.15, 0.2) is 0 Å². The third-order valence-corrected chi connectivity index (χ3v) is 3.94. The van der Waals surface area contributed by atoms with E-state index in [-0.39, 0.29) is 5.82 Å². The van der Waals surface area contributed by atoms with Crippen molar-refractivity contribution >= 4 is 33.7 Å². The van der Waals surface area contributed by atoms with Crippen LogP contribution in [0.15, 0.2) is 22.7 Å². The molecule has 0 amide bonds. The number of rotatable bonds is 4. The molecule has 0 aliphatic rings. The number of hydrogen-bond acceptors (Lipinski definition) is 2. The highest BCUT2D eigenvalue weighted by Crippen LogP contribution is 2.26. The summed E-state index contributed by atoms with van der Waals surface area (Å²) in [6, 6.07) is 4.75. The quantitative estimate of drug-likeness (QED) is 0.925. The second-order valence-electron chi connectivity index (χ2n) is 3.00. The fourth-order valence-corrected chi connectivity index (χ4v) is 2.35. The first-order valence-electron chi connectivity index (χ1n) is 4.29. The Hall–Kier alpha value is -0.550. The fraction of sp³-hybridized carbons (Fsp3) is 0.300. The van der Waals surface area contributed by atoms with Crippen molar-refractivity contribution < 1.29 is 14.3 Å². The average Bonchev–Trinajstić information content (AvgIpc) is 2.19. The molecular formula is C10H10BrFO2S. The molecule has 1 aromatic rings. The molecule has 82 valence electrons. The lowest BCUT2D eigenvalue weighted by Gasteiger charge is -2.07. The Morgan fingerprint density at radius 2 is 2.33 bits per heavy atom. The van der Waals surface area contributed by atoms with Crippen molar-refractivity contribution in [2.24, 2.45) is 0 Å². The van der Waals surface area contributed by atoms with Gasteiger partial charge in [0.1, 0.15) is 5.82 Å². The lowest BCUT2D eigenvalue weighted by molar-refractivity contribution is -0.136. The summed E-state index contributed by atoms with van der Waals surface area (Å²) in [5, 5.41) is 8.19. The predicted octanol–water partition coefficient (Wildman–Crippen LogP) is 3.29. The Morgan fingerprint density at radius 3 is 2.93 bits per heavy atom. The van der Waals surface area contributed by atoms with E-state index < -0.39 is 11.2 Å². The molecule has 1 aromatic carbocycles. The molecule has 1 unspecified atom stereocenters. The second kappa shape index (κ2) is 5.51. The van der Waals surface area contributed by atoms with E-state index >= 15 is 0 Å². The molecule has 0 aliphatic carbocycles. The highest BCUT2D eigenvalue weighted by atomic mass is 79.9. The maximum absolute atomic E-state index is 13.1. The van der Waals surface area contributed by atoms with Gasteiger partial charge in [-0.25, -0.2) is 4.39 Å². The third-order valence-electron chi connectivity index (χ3n) is 1.87. The molecular weight excluding hydrogens is 283 g/mol. The smallest absolute Gasteiger partial charge is 0.316 e. The van der Waals surface area contributed by atoms with E-state index in [4.69, 9.17) is 5.11 Å². The molecule has 2 nitrogen and oxygen atoms in total. The van der Waals surface area contributed by atoms with Crippen LogP contribution < -0.4 is 0 Å². The van der Waals surface area contributed by atoms with Crippen molar-refractivity contribution in [3.63, 3.8) is 0 Å². The second-order valence-corrected chi connectivity index (χ2v) is 5.13. The minimum absolute atomic E-state index is 0.323. The highest BCUT2D eigenvalue weighted by Gasteiger charge is 2.12. The molecule has 0 spiro atoms. The first-order chi connectivity index (χ1) is 7.02. The predicted molar refractivity (Wildman–Crippen MR) is 62.5 cm³/mol. The normalized spacial score (nSPS) is 12.5. The van der Waals surface area contributed by atoms with E-state index in [1.807, 2.05) is 0 Å².